The number of anilines is 2. The maximum atomic E-state index is 15.9. The molecule has 4 aromatic heterocycles. The monoisotopic (exact) mass is 658 g/mol. The summed E-state index contributed by atoms with van der Waals surface area (Å²) in [5, 5.41) is 0. The number of nitrogens with zero attached hydrogens (tertiary/aromatic N) is 7. The normalized spacial score (nSPS) is 27.4. The summed E-state index contributed by atoms with van der Waals surface area (Å²) < 4.78 is 58.7. The van der Waals surface area contributed by atoms with Gasteiger partial charge < -0.3 is 35.3 Å². The maximum Gasteiger partial charge on any atom is 0.472 e. The van der Waals surface area contributed by atoms with E-state index in [0.29, 0.717) is 24.9 Å². The van der Waals surface area contributed by atoms with E-state index in [1.807, 2.05) is 0 Å². The van der Waals surface area contributed by atoms with Crippen LogP contribution in [0.3, 0.4) is 0 Å². The first-order valence-electron chi connectivity index (χ1n) is 13.4. The smallest absolute Gasteiger partial charge is 0.382 e. The van der Waals surface area contributed by atoms with Gasteiger partial charge in [0.1, 0.15) is 24.1 Å². The van der Waals surface area contributed by atoms with Crippen molar-refractivity contribution in [3.8, 4) is 0 Å². The van der Waals surface area contributed by atoms with Gasteiger partial charge in [0.15, 0.2) is 22.6 Å². The van der Waals surface area contributed by atoms with Crippen LogP contribution in [0.1, 0.15) is 37.8 Å². The summed E-state index contributed by atoms with van der Waals surface area (Å²) in [4.78, 5) is 63.9. The molecule has 19 nitrogen and oxygen atoms in total. The Bertz CT molecular complexity index is 1850. The summed E-state index contributed by atoms with van der Waals surface area (Å²) in [5.74, 6) is -1.25. The van der Waals surface area contributed by atoms with E-state index in [4.69, 9.17) is 20.5 Å². The molecule has 2 saturated carbocycles. The van der Waals surface area contributed by atoms with E-state index in [2.05, 4.69) is 34.4 Å². The molecule has 2 fully saturated rings. The Morgan fingerprint density at radius 3 is 2.50 bits per heavy atom. The molecule has 0 aromatic carbocycles. The highest BCUT2D eigenvalue weighted by molar-refractivity contribution is 7.47. The third-order valence-corrected chi connectivity index (χ3v) is 9.45. The first-order chi connectivity index (χ1) is 20.8. The van der Waals surface area contributed by atoms with Gasteiger partial charge in [-0.3, -0.25) is 23.3 Å². The number of H-pyrrole nitrogens is 1. The minimum Gasteiger partial charge on any atom is -0.382 e. The van der Waals surface area contributed by atoms with E-state index in [9.17, 15) is 28.6 Å². The Morgan fingerprint density at radius 1 is 0.977 bits per heavy atom. The van der Waals surface area contributed by atoms with Crippen molar-refractivity contribution >= 4 is 49.7 Å². The topological polar surface area (TPSA) is 282 Å². The molecule has 2 aliphatic rings. The number of nitrogens with two attached hydrogens (primary N) is 2. The lowest BCUT2D eigenvalue weighted by atomic mass is 10.1. The minimum absolute atomic E-state index is 0.0519. The molecule has 0 saturated heterocycles. The largest absolute Gasteiger partial charge is 0.472 e. The van der Waals surface area contributed by atoms with Gasteiger partial charge >= 0.3 is 15.6 Å². The van der Waals surface area contributed by atoms with E-state index in [0.717, 1.165) is 0 Å². The highest BCUT2D eigenvalue weighted by atomic mass is 31.2. The van der Waals surface area contributed by atoms with Crippen LogP contribution >= 0.6 is 15.6 Å². The molecular weight excluding hydrogens is 629 g/mol. The van der Waals surface area contributed by atoms with Gasteiger partial charge in [-0.2, -0.15) is 4.98 Å². The van der Waals surface area contributed by atoms with Crippen LogP contribution in [0.25, 0.3) is 22.3 Å². The Kier molecular flexibility index (Phi) is 8.04. The zero-order valence-corrected chi connectivity index (χ0v) is 24.6. The molecule has 6 rings (SSSR count). The van der Waals surface area contributed by atoms with Crippen molar-refractivity contribution in [1.82, 2.24) is 39.0 Å². The zero-order chi connectivity index (χ0) is 31.4. The molecule has 44 heavy (non-hydrogen) atoms. The van der Waals surface area contributed by atoms with Crippen LogP contribution in [0.15, 0.2) is 23.8 Å². The lowest BCUT2D eigenvalue weighted by Gasteiger charge is -2.24. The van der Waals surface area contributed by atoms with Crippen molar-refractivity contribution in [3.05, 3.63) is 29.3 Å². The van der Waals surface area contributed by atoms with E-state index in [1.165, 1.54) is 23.5 Å². The van der Waals surface area contributed by atoms with Crippen LogP contribution in [-0.2, 0) is 22.7 Å². The first-order valence-corrected chi connectivity index (χ1v) is 16.5. The SMILES string of the molecule is Nc1nc2c(ncn2C2CCC(COP(=O)(O)O[C@@H]3C(COP(=O)(O)O)CC(n4cnc5c(N)ncnc54)C3F)C2)c(=O)[nH]1. The fourth-order valence-electron chi connectivity index (χ4n) is 5.98. The molecule has 4 aromatic rings. The standard InChI is InChI=1S/C22H29FN10O9P2/c23-14-13(33-9-28-15-18(24)26-7-27-19(15)33)4-11(6-40-43(35,36)37)17(14)42-44(38,39)41-5-10-1-2-12(3-10)32-8-29-16-20(32)30-22(25)31-21(16)34/h7-14,17H,1-6H2,(H,38,39)(H2,24,26,27)(H2,35,36,37)(H3,25,30,31,34)/t10?,11?,12?,13?,14?,17-/m1/s1. The lowest BCUT2D eigenvalue weighted by Crippen LogP contribution is -2.30. The average Bonchev–Trinajstić information content (AvgIpc) is 3.73. The molecule has 4 heterocycles. The molecule has 0 amide bonds. The molecule has 2 aliphatic carbocycles. The van der Waals surface area contributed by atoms with Gasteiger partial charge in [-0.05, 0) is 31.6 Å². The highest BCUT2D eigenvalue weighted by Crippen LogP contribution is 2.53. The van der Waals surface area contributed by atoms with Gasteiger partial charge in [-0.1, -0.05) is 0 Å². The van der Waals surface area contributed by atoms with Crippen LogP contribution in [0.5, 0.6) is 0 Å². The van der Waals surface area contributed by atoms with Crippen LogP contribution < -0.4 is 17.0 Å². The number of rotatable bonds is 10. The second kappa shape index (κ2) is 11.5. The van der Waals surface area contributed by atoms with Gasteiger partial charge in [-0.25, -0.2) is 33.5 Å². The quantitative estimate of drug-likeness (QED) is 0.129. The number of aromatic amines is 1. The van der Waals surface area contributed by atoms with Crippen LogP contribution in [0.2, 0.25) is 0 Å². The molecule has 7 atom stereocenters. The number of phosphoric ester groups is 2. The van der Waals surface area contributed by atoms with Crippen molar-refractivity contribution in [3.63, 3.8) is 0 Å². The average molecular weight is 658 g/mol. The molecule has 0 aliphatic heterocycles. The molecule has 0 radical (unpaired) electrons. The predicted molar refractivity (Wildman–Crippen MR) is 149 cm³/mol. The first kappa shape index (κ1) is 30.7. The molecule has 0 spiro atoms. The van der Waals surface area contributed by atoms with Gasteiger partial charge in [-0.15, -0.1) is 0 Å². The Balaban J connectivity index is 1.14. The fourth-order valence-corrected chi connectivity index (χ4v) is 7.42. The number of hydrogen-bond acceptors (Lipinski definition) is 13. The lowest BCUT2D eigenvalue weighted by molar-refractivity contribution is 0.0214. The summed E-state index contributed by atoms with van der Waals surface area (Å²) in [6.45, 7) is -0.869. The predicted octanol–water partition coefficient (Wildman–Crippen LogP) is 0.976. The number of aromatic nitrogens is 8. The number of fused-ring (bicyclic) bond motifs is 2. The number of nitrogen functional groups attached to an aromatic ring is 2. The van der Waals surface area contributed by atoms with E-state index in [-0.39, 0.29) is 53.4 Å². The van der Waals surface area contributed by atoms with Crippen LogP contribution in [-0.4, -0.2) is 79.2 Å². The van der Waals surface area contributed by atoms with Gasteiger partial charge in [0.2, 0.25) is 5.95 Å². The van der Waals surface area contributed by atoms with Gasteiger partial charge in [0.05, 0.1) is 31.9 Å². The number of imidazole rings is 2. The summed E-state index contributed by atoms with van der Waals surface area (Å²) in [5.41, 5.74) is 11.9. The summed E-state index contributed by atoms with van der Waals surface area (Å²) in [7, 11) is -9.83. The highest BCUT2D eigenvalue weighted by Gasteiger charge is 2.50. The maximum absolute atomic E-state index is 15.9. The summed E-state index contributed by atoms with van der Waals surface area (Å²) in [6.07, 6.45) is 1.97. The van der Waals surface area contributed by atoms with Crippen molar-refractivity contribution < 1.29 is 41.8 Å². The molecule has 6 unspecified atom stereocenters. The number of phosphoric acid groups is 2. The van der Waals surface area contributed by atoms with E-state index in [1.54, 1.807) is 4.57 Å². The van der Waals surface area contributed by atoms with Gasteiger partial charge in [0, 0.05) is 12.0 Å². The molecule has 22 heteroatoms. The number of nitrogens with one attached hydrogen (secondary N) is 1. The second-order valence-corrected chi connectivity index (χ2v) is 13.5. The van der Waals surface area contributed by atoms with E-state index >= 15 is 4.39 Å². The fraction of sp³-hybridized carbons (Fsp3) is 0.545. The van der Waals surface area contributed by atoms with E-state index < -0.39 is 52.0 Å². The van der Waals surface area contributed by atoms with Crippen LogP contribution in [0, 0.1) is 11.8 Å². The van der Waals surface area contributed by atoms with Crippen molar-refractivity contribution in [2.24, 2.45) is 11.8 Å². The zero-order valence-electron chi connectivity index (χ0n) is 22.8. The van der Waals surface area contributed by atoms with Gasteiger partial charge in [0.25, 0.3) is 5.56 Å². The number of hydrogen-bond donors (Lipinski definition) is 6. The molecule has 8 N–H and O–H groups in total. The third-order valence-electron chi connectivity index (χ3n) is 7.98. The minimum atomic E-state index is -4.95. The number of halogens is 1. The van der Waals surface area contributed by atoms with Crippen LogP contribution in [0.4, 0.5) is 16.2 Å². The molecule has 238 valence electrons. The van der Waals surface area contributed by atoms with Crippen molar-refractivity contribution in [2.75, 3.05) is 24.7 Å². The summed E-state index contributed by atoms with van der Waals surface area (Å²) >= 11 is 0. The Morgan fingerprint density at radius 2 is 1.73 bits per heavy atom. The Hall–Kier alpha value is -3.35. The van der Waals surface area contributed by atoms with Crippen molar-refractivity contribution in [2.45, 2.75) is 50.0 Å². The summed E-state index contributed by atoms with van der Waals surface area (Å²) in [6, 6.07) is -1.19. The third kappa shape index (κ3) is 6.12. The second-order valence-electron chi connectivity index (χ2n) is 10.8. The van der Waals surface area contributed by atoms with Crippen molar-refractivity contribution in [1.29, 1.82) is 0 Å². The molecule has 0 bridgehead atoms. The Labute approximate surface area is 246 Å². The number of alkyl halides is 1. The molecular formula is C22H29FN10O9P2.